The summed E-state index contributed by atoms with van der Waals surface area (Å²) in [5, 5.41) is 0. The van der Waals surface area contributed by atoms with E-state index in [0.717, 1.165) is 5.56 Å². The Morgan fingerprint density at radius 3 is 2.48 bits per heavy atom. The van der Waals surface area contributed by atoms with Crippen LogP contribution in [0.25, 0.3) is 6.08 Å². The van der Waals surface area contributed by atoms with Crippen molar-refractivity contribution in [1.29, 1.82) is 0 Å². The number of ether oxygens (including phenoxy) is 2. The van der Waals surface area contributed by atoms with Gasteiger partial charge in [0.2, 0.25) is 0 Å². The third kappa shape index (κ3) is 4.68. The molecule has 5 nitrogen and oxygen atoms in total. The Labute approximate surface area is 179 Å². The molecule has 0 aliphatic carbocycles. The van der Waals surface area contributed by atoms with E-state index in [1.165, 1.54) is 16.7 Å². The molecule has 1 amide bonds. The number of carbonyl (C=O) groups excluding carboxylic acids is 2. The molecule has 150 valence electrons. The van der Waals surface area contributed by atoms with Gasteiger partial charge in [0.1, 0.15) is 10.1 Å². The molecule has 0 bridgehead atoms. The first-order chi connectivity index (χ1) is 14.1. The molecule has 0 radical (unpaired) electrons. The SMILES string of the molecule is CCOC(=O)C(c1ccccc1)N1C(=O)/C(=C\c2ccccc2OCC)SC1=S. The summed E-state index contributed by atoms with van der Waals surface area (Å²) >= 11 is 6.63. The molecule has 1 aliphatic heterocycles. The largest absolute Gasteiger partial charge is 0.493 e. The summed E-state index contributed by atoms with van der Waals surface area (Å²) in [5.41, 5.74) is 1.43. The lowest BCUT2D eigenvalue weighted by atomic mass is 10.1. The van der Waals surface area contributed by atoms with Gasteiger partial charge in [-0.15, -0.1) is 0 Å². The lowest BCUT2D eigenvalue weighted by molar-refractivity contribution is -0.151. The van der Waals surface area contributed by atoms with Gasteiger partial charge in [0.15, 0.2) is 6.04 Å². The Balaban J connectivity index is 1.97. The maximum Gasteiger partial charge on any atom is 0.333 e. The number of esters is 1. The van der Waals surface area contributed by atoms with Crippen molar-refractivity contribution in [3.05, 3.63) is 70.6 Å². The molecule has 0 aromatic heterocycles. The number of para-hydroxylation sites is 1. The fourth-order valence-electron chi connectivity index (χ4n) is 2.98. The summed E-state index contributed by atoms with van der Waals surface area (Å²) in [6, 6.07) is 15.6. The van der Waals surface area contributed by atoms with Crippen molar-refractivity contribution in [2.24, 2.45) is 0 Å². The molecule has 0 N–H and O–H groups in total. The van der Waals surface area contributed by atoms with Gasteiger partial charge in [0.05, 0.1) is 18.1 Å². The number of rotatable bonds is 7. The molecule has 29 heavy (non-hydrogen) atoms. The number of carbonyl (C=O) groups is 2. The number of thiocarbonyl (C=S) groups is 1. The molecule has 1 heterocycles. The lowest BCUT2D eigenvalue weighted by Crippen LogP contribution is -2.38. The van der Waals surface area contributed by atoms with Crippen molar-refractivity contribution in [2.45, 2.75) is 19.9 Å². The second-order valence-electron chi connectivity index (χ2n) is 6.09. The van der Waals surface area contributed by atoms with Crippen LogP contribution in [0.3, 0.4) is 0 Å². The molecule has 1 atom stereocenters. The summed E-state index contributed by atoms with van der Waals surface area (Å²) in [7, 11) is 0. The second kappa shape index (κ2) is 9.71. The summed E-state index contributed by atoms with van der Waals surface area (Å²) in [4.78, 5) is 27.7. The first-order valence-corrected chi connectivity index (χ1v) is 10.5. The zero-order valence-corrected chi connectivity index (χ0v) is 17.8. The van der Waals surface area contributed by atoms with Crippen LogP contribution < -0.4 is 4.74 Å². The average molecular weight is 428 g/mol. The second-order valence-corrected chi connectivity index (χ2v) is 7.76. The number of amides is 1. The molecule has 1 aliphatic rings. The van der Waals surface area contributed by atoms with E-state index in [1.807, 2.05) is 49.4 Å². The van der Waals surface area contributed by atoms with Crippen LogP contribution in [0.1, 0.15) is 31.0 Å². The molecule has 0 saturated carbocycles. The van der Waals surface area contributed by atoms with E-state index in [-0.39, 0.29) is 12.5 Å². The van der Waals surface area contributed by atoms with Gasteiger partial charge >= 0.3 is 5.97 Å². The van der Waals surface area contributed by atoms with E-state index in [1.54, 1.807) is 25.1 Å². The molecular weight excluding hydrogens is 406 g/mol. The van der Waals surface area contributed by atoms with Crippen molar-refractivity contribution in [3.8, 4) is 5.75 Å². The molecule has 1 unspecified atom stereocenters. The van der Waals surface area contributed by atoms with Crippen LogP contribution in [0, 0.1) is 0 Å². The summed E-state index contributed by atoms with van der Waals surface area (Å²) in [5.74, 6) is -0.149. The number of nitrogens with zero attached hydrogens (tertiary/aromatic N) is 1. The highest BCUT2D eigenvalue weighted by molar-refractivity contribution is 8.26. The lowest BCUT2D eigenvalue weighted by Gasteiger charge is -2.25. The van der Waals surface area contributed by atoms with Crippen molar-refractivity contribution in [1.82, 2.24) is 4.90 Å². The number of benzene rings is 2. The first kappa shape index (κ1) is 21.1. The van der Waals surface area contributed by atoms with Crippen LogP contribution in [-0.4, -0.2) is 34.3 Å². The first-order valence-electron chi connectivity index (χ1n) is 9.27. The number of hydrogen-bond acceptors (Lipinski definition) is 6. The highest BCUT2D eigenvalue weighted by Gasteiger charge is 2.42. The Morgan fingerprint density at radius 2 is 1.79 bits per heavy atom. The zero-order chi connectivity index (χ0) is 20.8. The van der Waals surface area contributed by atoms with E-state index in [9.17, 15) is 9.59 Å². The van der Waals surface area contributed by atoms with Gasteiger partial charge in [-0.2, -0.15) is 0 Å². The molecule has 2 aromatic carbocycles. The molecular formula is C22H21NO4S2. The van der Waals surface area contributed by atoms with Crippen molar-refractivity contribution in [2.75, 3.05) is 13.2 Å². The fourth-order valence-corrected chi connectivity index (χ4v) is 4.28. The van der Waals surface area contributed by atoms with Crippen LogP contribution in [-0.2, 0) is 14.3 Å². The predicted octanol–water partition coefficient (Wildman–Crippen LogP) is 4.59. The minimum atomic E-state index is -0.920. The fraction of sp³-hybridized carbons (Fsp3) is 0.227. The van der Waals surface area contributed by atoms with E-state index < -0.39 is 12.0 Å². The third-order valence-corrected chi connectivity index (χ3v) is 5.54. The van der Waals surface area contributed by atoms with Gasteiger partial charge < -0.3 is 9.47 Å². The standard InChI is InChI=1S/C22H21NO4S2/c1-3-26-17-13-9-8-12-16(17)14-18-20(24)23(22(28)29-18)19(21(25)27-4-2)15-10-6-5-7-11-15/h5-14,19H,3-4H2,1-2H3/b18-14+. The third-order valence-electron chi connectivity index (χ3n) is 4.21. The van der Waals surface area contributed by atoms with Crippen molar-refractivity contribution in [3.63, 3.8) is 0 Å². The van der Waals surface area contributed by atoms with Crippen LogP contribution in [0.2, 0.25) is 0 Å². The highest BCUT2D eigenvalue weighted by Crippen LogP contribution is 2.39. The topological polar surface area (TPSA) is 55.8 Å². The summed E-state index contributed by atoms with van der Waals surface area (Å²) in [6.45, 7) is 4.37. The van der Waals surface area contributed by atoms with Gasteiger partial charge in [0, 0.05) is 5.56 Å². The minimum Gasteiger partial charge on any atom is -0.493 e. The van der Waals surface area contributed by atoms with Crippen LogP contribution >= 0.6 is 24.0 Å². The quantitative estimate of drug-likeness (QED) is 0.366. The van der Waals surface area contributed by atoms with E-state index >= 15 is 0 Å². The zero-order valence-electron chi connectivity index (χ0n) is 16.2. The number of hydrogen-bond donors (Lipinski definition) is 0. The van der Waals surface area contributed by atoms with Crippen LogP contribution in [0.15, 0.2) is 59.5 Å². The van der Waals surface area contributed by atoms with E-state index in [2.05, 4.69) is 0 Å². The Bertz CT molecular complexity index is 943. The van der Waals surface area contributed by atoms with E-state index in [0.29, 0.717) is 27.1 Å². The highest BCUT2D eigenvalue weighted by atomic mass is 32.2. The Morgan fingerprint density at radius 1 is 1.10 bits per heavy atom. The maximum absolute atomic E-state index is 13.2. The summed E-state index contributed by atoms with van der Waals surface area (Å²) < 4.78 is 11.2. The van der Waals surface area contributed by atoms with Crippen molar-refractivity contribution >= 4 is 46.3 Å². The molecule has 7 heteroatoms. The Kier molecular flexibility index (Phi) is 7.06. The summed E-state index contributed by atoms with van der Waals surface area (Å²) in [6.07, 6.45) is 1.75. The van der Waals surface area contributed by atoms with Gasteiger partial charge in [0.25, 0.3) is 5.91 Å². The smallest absolute Gasteiger partial charge is 0.333 e. The van der Waals surface area contributed by atoms with Crippen LogP contribution in [0.4, 0.5) is 0 Å². The van der Waals surface area contributed by atoms with Gasteiger partial charge in [-0.1, -0.05) is 72.5 Å². The molecule has 1 fully saturated rings. The van der Waals surface area contributed by atoms with Crippen molar-refractivity contribution < 1.29 is 19.1 Å². The monoisotopic (exact) mass is 427 g/mol. The minimum absolute atomic E-state index is 0.217. The number of thioether (sulfide) groups is 1. The van der Waals surface area contributed by atoms with E-state index in [4.69, 9.17) is 21.7 Å². The maximum atomic E-state index is 13.2. The molecule has 2 aromatic rings. The van der Waals surface area contributed by atoms with Gasteiger partial charge in [-0.25, -0.2) is 4.79 Å². The molecule has 0 spiro atoms. The van der Waals surface area contributed by atoms with Gasteiger partial charge in [-0.3, -0.25) is 9.69 Å². The van der Waals surface area contributed by atoms with Gasteiger partial charge in [-0.05, 0) is 31.6 Å². The molecule has 1 saturated heterocycles. The predicted molar refractivity (Wildman–Crippen MR) is 118 cm³/mol. The average Bonchev–Trinajstić information content (AvgIpc) is 2.99. The van der Waals surface area contributed by atoms with Crippen LogP contribution in [0.5, 0.6) is 5.75 Å². The normalized spacial score (nSPS) is 16.2. The Hall–Kier alpha value is -2.64. The molecule has 3 rings (SSSR count).